The van der Waals surface area contributed by atoms with Crippen molar-refractivity contribution in [2.45, 2.75) is 20.8 Å². The maximum absolute atomic E-state index is 12.4. The van der Waals surface area contributed by atoms with Crippen molar-refractivity contribution in [1.29, 1.82) is 0 Å². The smallest absolute Gasteiger partial charge is 0.363 e. The third kappa shape index (κ3) is 4.17. The summed E-state index contributed by atoms with van der Waals surface area (Å²) in [6.07, 6.45) is 1.56. The molecule has 4 rings (SSSR count). The lowest BCUT2D eigenvalue weighted by Gasteiger charge is -2.21. The molecular weight excluding hydrogens is 426 g/mol. The van der Waals surface area contributed by atoms with Crippen LogP contribution in [0.1, 0.15) is 29.3 Å². The van der Waals surface area contributed by atoms with Crippen molar-refractivity contribution in [1.82, 2.24) is 4.98 Å². The van der Waals surface area contributed by atoms with Gasteiger partial charge in [0.25, 0.3) is 0 Å². The Morgan fingerprint density at radius 1 is 1.16 bits per heavy atom. The zero-order chi connectivity index (χ0) is 22.8. The quantitative estimate of drug-likeness (QED) is 0.415. The second kappa shape index (κ2) is 8.76. The molecule has 3 aromatic rings. The van der Waals surface area contributed by atoms with Crippen LogP contribution in [0.25, 0.3) is 6.08 Å². The summed E-state index contributed by atoms with van der Waals surface area (Å²) in [7, 11) is 1.58. The Labute approximate surface area is 189 Å². The summed E-state index contributed by atoms with van der Waals surface area (Å²) in [6.45, 7) is 5.47. The van der Waals surface area contributed by atoms with Gasteiger partial charge in [0, 0.05) is 17.9 Å². The summed E-state index contributed by atoms with van der Waals surface area (Å²) in [5.41, 5.74) is 4.21. The van der Waals surface area contributed by atoms with Crippen LogP contribution in [0.5, 0.6) is 5.75 Å². The van der Waals surface area contributed by atoms with Crippen molar-refractivity contribution in [2.75, 3.05) is 12.0 Å². The fraction of sp³-hybridized carbons (Fsp3) is 0.167. The molecule has 1 aromatic heterocycles. The van der Waals surface area contributed by atoms with Crippen LogP contribution in [-0.2, 0) is 14.3 Å². The molecule has 0 unspecified atom stereocenters. The van der Waals surface area contributed by atoms with E-state index < -0.39 is 5.97 Å². The number of hydrogen-bond acceptors (Lipinski definition) is 7. The van der Waals surface area contributed by atoms with Gasteiger partial charge in [0.2, 0.25) is 11.8 Å². The summed E-state index contributed by atoms with van der Waals surface area (Å²) >= 11 is 1.32. The maximum atomic E-state index is 12.4. The van der Waals surface area contributed by atoms with Crippen molar-refractivity contribution >= 4 is 46.0 Å². The highest BCUT2D eigenvalue weighted by Crippen LogP contribution is 2.33. The number of ether oxygens (including phenoxy) is 2. The summed E-state index contributed by atoms with van der Waals surface area (Å²) in [5.74, 6) is 0.221. The van der Waals surface area contributed by atoms with Crippen LogP contribution in [0.15, 0.2) is 58.5 Å². The second-order valence-electron chi connectivity index (χ2n) is 7.19. The van der Waals surface area contributed by atoms with Gasteiger partial charge in [-0.3, -0.25) is 9.69 Å². The van der Waals surface area contributed by atoms with Crippen LogP contribution in [-0.4, -0.2) is 29.9 Å². The van der Waals surface area contributed by atoms with Gasteiger partial charge in [0.1, 0.15) is 5.75 Å². The Bertz CT molecular complexity index is 1260. The normalized spacial score (nSPS) is 14.3. The zero-order valence-corrected chi connectivity index (χ0v) is 18.9. The number of rotatable bonds is 5. The van der Waals surface area contributed by atoms with Gasteiger partial charge in [-0.2, -0.15) is 0 Å². The molecule has 0 radical (unpaired) electrons. The summed E-state index contributed by atoms with van der Waals surface area (Å²) in [6, 6.07) is 12.9. The lowest BCUT2D eigenvalue weighted by atomic mass is 10.1. The summed E-state index contributed by atoms with van der Waals surface area (Å²) in [4.78, 5) is 35.2. The van der Waals surface area contributed by atoms with Gasteiger partial charge in [0.05, 0.1) is 18.5 Å². The van der Waals surface area contributed by atoms with E-state index in [0.29, 0.717) is 22.1 Å². The predicted octanol–water partition coefficient (Wildman–Crippen LogP) is 4.80. The van der Waals surface area contributed by atoms with Crippen LogP contribution < -0.4 is 9.64 Å². The average Bonchev–Trinajstić information content (AvgIpc) is 3.38. The Morgan fingerprint density at radius 3 is 2.59 bits per heavy atom. The van der Waals surface area contributed by atoms with Crippen molar-refractivity contribution in [3.05, 3.63) is 75.9 Å². The topological polar surface area (TPSA) is 81.1 Å². The molecule has 7 nitrogen and oxygen atoms in total. The third-order valence-electron chi connectivity index (χ3n) is 5.08. The number of thiazole rings is 1. The molecule has 1 aliphatic heterocycles. The maximum Gasteiger partial charge on any atom is 0.363 e. The second-order valence-corrected chi connectivity index (χ2v) is 8.03. The molecule has 0 N–H and O–H groups in total. The van der Waals surface area contributed by atoms with Gasteiger partial charge in [-0.05, 0) is 61.4 Å². The number of aliphatic imine (C=N–C) groups is 1. The number of anilines is 2. The van der Waals surface area contributed by atoms with Crippen LogP contribution in [0.3, 0.4) is 0 Å². The van der Waals surface area contributed by atoms with Gasteiger partial charge >= 0.3 is 5.97 Å². The average molecular weight is 448 g/mol. The summed E-state index contributed by atoms with van der Waals surface area (Å²) in [5, 5.41) is 2.29. The fourth-order valence-electron chi connectivity index (χ4n) is 3.24. The number of hydrogen-bond donors (Lipinski definition) is 0. The first-order chi connectivity index (χ1) is 15.4. The van der Waals surface area contributed by atoms with Gasteiger partial charge < -0.3 is 9.47 Å². The van der Waals surface area contributed by atoms with Gasteiger partial charge in [-0.1, -0.05) is 12.1 Å². The van der Waals surface area contributed by atoms with Crippen LogP contribution in [0.4, 0.5) is 10.8 Å². The highest BCUT2D eigenvalue weighted by Gasteiger charge is 2.25. The lowest BCUT2D eigenvalue weighted by molar-refractivity contribution is -0.130. The van der Waals surface area contributed by atoms with E-state index in [0.717, 1.165) is 16.8 Å². The molecule has 2 aromatic carbocycles. The molecule has 0 atom stereocenters. The molecule has 0 spiro atoms. The number of amides is 1. The number of carbonyl (C=O) groups is 2. The van der Waals surface area contributed by atoms with E-state index in [-0.39, 0.29) is 17.5 Å². The van der Waals surface area contributed by atoms with Crippen LogP contribution in [0, 0.1) is 13.8 Å². The molecular formula is C24H21N3O4S. The predicted molar refractivity (Wildman–Crippen MR) is 124 cm³/mol. The van der Waals surface area contributed by atoms with E-state index in [1.165, 1.54) is 18.3 Å². The summed E-state index contributed by atoms with van der Waals surface area (Å²) < 4.78 is 10.5. The molecule has 1 aliphatic rings. The molecule has 0 saturated heterocycles. The van der Waals surface area contributed by atoms with E-state index in [2.05, 4.69) is 9.98 Å². The molecule has 0 aliphatic carbocycles. The van der Waals surface area contributed by atoms with E-state index in [1.807, 2.05) is 32.0 Å². The monoisotopic (exact) mass is 447 g/mol. The molecule has 0 saturated carbocycles. The minimum absolute atomic E-state index is 0.146. The number of carbonyl (C=O) groups excluding carboxylic acids is 2. The van der Waals surface area contributed by atoms with Gasteiger partial charge in [0.15, 0.2) is 10.8 Å². The van der Waals surface area contributed by atoms with E-state index >= 15 is 0 Å². The Hall–Kier alpha value is -3.78. The number of nitrogens with zero attached hydrogens (tertiary/aromatic N) is 3. The van der Waals surface area contributed by atoms with Crippen LogP contribution >= 0.6 is 11.3 Å². The first kappa shape index (κ1) is 21.5. The fourth-order valence-corrected chi connectivity index (χ4v) is 4.07. The number of esters is 1. The van der Waals surface area contributed by atoms with Gasteiger partial charge in [-0.25, -0.2) is 14.8 Å². The minimum atomic E-state index is -0.552. The van der Waals surface area contributed by atoms with Crippen molar-refractivity contribution in [3.63, 3.8) is 0 Å². The molecule has 32 heavy (non-hydrogen) atoms. The molecule has 2 heterocycles. The number of benzene rings is 2. The highest BCUT2D eigenvalue weighted by atomic mass is 32.1. The number of aromatic nitrogens is 1. The number of aryl methyl sites for hydroxylation is 1. The van der Waals surface area contributed by atoms with Crippen molar-refractivity contribution in [3.8, 4) is 5.75 Å². The number of cyclic esters (lactones) is 1. The highest BCUT2D eigenvalue weighted by molar-refractivity contribution is 7.14. The zero-order valence-electron chi connectivity index (χ0n) is 18.1. The van der Waals surface area contributed by atoms with Crippen LogP contribution in [0.2, 0.25) is 0 Å². The molecule has 0 fully saturated rings. The van der Waals surface area contributed by atoms with E-state index in [1.54, 1.807) is 47.7 Å². The molecule has 162 valence electrons. The Balaban J connectivity index is 1.63. The van der Waals surface area contributed by atoms with Crippen molar-refractivity contribution < 1.29 is 19.1 Å². The number of methoxy groups -OCH3 is 1. The first-order valence-corrected chi connectivity index (χ1v) is 10.7. The Kier molecular flexibility index (Phi) is 5.87. The standard InChI is InChI=1S/C24H21N3O4S/c1-14-6-5-7-21(15(14)2)27(16(3)28)24-25-18(13-32-24)12-20-23(29)31-22(26-20)17-8-10-19(30-4)11-9-17/h5-13H,1-4H3/b20-12-. The third-order valence-corrected chi connectivity index (χ3v) is 5.92. The van der Waals surface area contributed by atoms with Gasteiger partial charge in [-0.15, -0.1) is 11.3 Å². The van der Waals surface area contributed by atoms with E-state index in [9.17, 15) is 9.59 Å². The largest absolute Gasteiger partial charge is 0.497 e. The molecule has 0 bridgehead atoms. The molecule has 1 amide bonds. The lowest BCUT2D eigenvalue weighted by Crippen LogP contribution is -2.23. The van der Waals surface area contributed by atoms with E-state index in [4.69, 9.17) is 9.47 Å². The first-order valence-electron chi connectivity index (χ1n) is 9.87. The van der Waals surface area contributed by atoms with Crippen molar-refractivity contribution in [2.24, 2.45) is 4.99 Å². The Morgan fingerprint density at radius 2 is 1.91 bits per heavy atom. The molecule has 8 heteroatoms. The minimum Gasteiger partial charge on any atom is -0.497 e. The SMILES string of the molecule is COc1ccc(C2=N/C(=C\c3csc(N(C(C)=O)c4cccc(C)c4C)n3)C(=O)O2)cc1.